The van der Waals surface area contributed by atoms with Crippen LogP contribution in [-0.2, 0) is 14.3 Å². The number of carbonyl (C=O) groups is 1. The van der Waals surface area contributed by atoms with Crippen molar-refractivity contribution in [2.45, 2.75) is 6.10 Å². The molecule has 0 spiro atoms. The summed E-state index contributed by atoms with van der Waals surface area (Å²) in [7, 11) is 1.34. The van der Waals surface area contributed by atoms with Gasteiger partial charge in [-0.1, -0.05) is 15.9 Å². The summed E-state index contributed by atoms with van der Waals surface area (Å²) in [6.07, 6.45) is -0.603. The number of rotatable bonds is 2. The van der Waals surface area contributed by atoms with Crippen LogP contribution in [0.1, 0.15) is 5.56 Å². The van der Waals surface area contributed by atoms with E-state index in [4.69, 9.17) is 4.74 Å². The lowest BCUT2D eigenvalue weighted by molar-refractivity contribution is -0.154. The largest absolute Gasteiger partial charge is 0.467 e. The minimum absolute atomic E-state index is 0.389. The molecule has 1 saturated heterocycles. The van der Waals surface area contributed by atoms with E-state index in [0.717, 1.165) is 10.2 Å². The molecule has 0 N–H and O–H groups in total. The molecule has 19 heavy (non-hydrogen) atoms. The quantitative estimate of drug-likeness (QED) is 0.775. The highest BCUT2D eigenvalue weighted by atomic mass is 79.9. The zero-order valence-corrected chi connectivity index (χ0v) is 12.0. The van der Waals surface area contributed by atoms with Crippen LogP contribution < -0.4 is 4.90 Å². The highest BCUT2D eigenvalue weighted by Gasteiger charge is 2.28. The average molecular weight is 325 g/mol. The maximum Gasteiger partial charge on any atom is 0.336 e. The second-order valence-electron chi connectivity index (χ2n) is 4.10. The van der Waals surface area contributed by atoms with Crippen LogP contribution in [0.5, 0.6) is 0 Å². The Labute approximate surface area is 119 Å². The summed E-state index contributed by atoms with van der Waals surface area (Å²) < 4.78 is 10.9. The van der Waals surface area contributed by atoms with Gasteiger partial charge in [0.2, 0.25) is 0 Å². The Morgan fingerprint density at radius 3 is 3.11 bits per heavy atom. The highest BCUT2D eigenvalue weighted by molar-refractivity contribution is 9.10. The number of benzene rings is 1. The summed E-state index contributed by atoms with van der Waals surface area (Å²) >= 11 is 3.34. The standard InChI is InChI=1S/C13H13BrN2O3/c1-18-13(17)12-8-16(4-5-19-12)11-3-2-10(14)6-9(11)7-15/h2-3,6,12H,4-5,8H2,1H3. The summed E-state index contributed by atoms with van der Waals surface area (Å²) in [4.78, 5) is 13.5. The SMILES string of the molecule is COC(=O)C1CN(c2ccc(Br)cc2C#N)CCO1. The molecule has 1 heterocycles. The molecule has 6 heteroatoms. The number of anilines is 1. The van der Waals surface area contributed by atoms with Gasteiger partial charge in [0.25, 0.3) is 0 Å². The zero-order chi connectivity index (χ0) is 13.8. The van der Waals surface area contributed by atoms with Gasteiger partial charge in [-0.3, -0.25) is 0 Å². The molecule has 0 saturated carbocycles. The van der Waals surface area contributed by atoms with E-state index < -0.39 is 6.10 Å². The second-order valence-corrected chi connectivity index (χ2v) is 5.02. The van der Waals surface area contributed by atoms with Crippen molar-refractivity contribution in [1.29, 1.82) is 5.26 Å². The molecule has 1 aromatic carbocycles. The van der Waals surface area contributed by atoms with Gasteiger partial charge < -0.3 is 14.4 Å². The first-order valence-electron chi connectivity index (χ1n) is 5.79. The Morgan fingerprint density at radius 2 is 2.42 bits per heavy atom. The molecule has 100 valence electrons. The third kappa shape index (κ3) is 3.06. The average Bonchev–Trinajstić information content (AvgIpc) is 2.46. The first kappa shape index (κ1) is 13.8. The Morgan fingerprint density at radius 1 is 1.63 bits per heavy atom. The number of morpholine rings is 1. The number of nitrogens with zero attached hydrogens (tertiary/aromatic N) is 2. The van der Waals surface area contributed by atoms with E-state index in [-0.39, 0.29) is 5.97 Å². The van der Waals surface area contributed by atoms with E-state index in [2.05, 4.69) is 26.7 Å². The molecule has 1 aliphatic rings. The lowest BCUT2D eigenvalue weighted by Gasteiger charge is -2.33. The highest BCUT2D eigenvalue weighted by Crippen LogP contribution is 2.25. The van der Waals surface area contributed by atoms with Crippen molar-refractivity contribution in [3.05, 3.63) is 28.2 Å². The minimum Gasteiger partial charge on any atom is -0.467 e. The molecule has 1 aliphatic heterocycles. The number of halogens is 1. The topological polar surface area (TPSA) is 62.6 Å². The van der Waals surface area contributed by atoms with Crippen LogP contribution in [0.15, 0.2) is 22.7 Å². The number of hydrogen-bond donors (Lipinski definition) is 0. The van der Waals surface area contributed by atoms with Crippen LogP contribution in [0.2, 0.25) is 0 Å². The van der Waals surface area contributed by atoms with E-state index in [0.29, 0.717) is 25.3 Å². The molecule has 1 aromatic rings. The maximum absolute atomic E-state index is 11.5. The fourth-order valence-corrected chi connectivity index (χ4v) is 2.38. The van der Waals surface area contributed by atoms with Crippen molar-refractivity contribution < 1.29 is 14.3 Å². The summed E-state index contributed by atoms with van der Waals surface area (Å²) in [5, 5.41) is 9.17. The number of ether oxygens (including phenoxy) is 2. The number of hydrogen-bond acceptors (Lipinski definition) is 5. The summed E-state index contributed by atoms with van der Waals surface area (Å²) in [5.74, 6) is -0.389. The molecular weight excluding hydrogens is 312 g/mol. The molecule has 1 unspecified atom stereocenters. The van der Waals surface area contributed by atoms with Gasteiger partial charge in [0.1, 0.15) is 6.07 Å². The number of carbonyl (C=O) groups excluding carboxylic acids is 1. The summed E-state index contributed by atoms with van der Waals surface area (Å²) in [5.41, 5.74) is 1.38. The van der Waals surface area contributed by atoms with Gasteiger partial charge in [0.05, 0.1) is 31.5 Å². The predicted molar refractivity (Wildman–Crippen MR) is 72.8 cm³/mol. The number of methoxy groups -OCH3 is 1. The minimum atomic E-state index is -0.603. The second kappa shape index (κ2) is 6.04. The van der Waals surface area contributed by atoms with Gasteiger partial charge in [-0.25, -0.2) is 4.79 Å². The Bertz CT molecular complexity index is 527. The van der Waals surface area contributed by atoms with Gasteiger partial charge in [-0.2, -0.15) is 5.26 Å². The van der Waals surface area contributed by atoms with Gasteiger partial charge in [-0.05, 0) is 18.2 Å². The van der Waals surface area contributed by atoms with E-state index in [1.54, 1.807) is 6.07 Å². The van der Waals surface area contributed by atoms with Gasteiger partial charge in [0.15, 0.2) is 6.10 Å². The molecule has 0 amide bonds. The zero-order valence-electron chi connectivity index (χ0n) is 10.4. The molecular formula is C13H13BrN2O3. The smallest absolute Gasteiger partial charge is 0.336 e. The van der Waals surface area contributed by atoms with Crippen molar-refractivity contribution in [3.63, 3.8) is 0 Å². The van der Waals surface area contributed by atoms with Crippen LogP contribution in [0.25, 0.3) is 0 Å². The van der Waals surface area contributed by atoms with E-state index >= 15 is 0 Å². The fourth-order valence-electron chi connectivity index (χ4n) is 2.02. The Hall–Kier alpha value is -1.58. The predicted octanol–water partition coefficient (Wildman–Crippen LogP) is 1.70. The number of nitriles is 1. The normalized spacial score (nSPS) is 18.8. The monoisotopic (exact) mass is 324 g/mol. The van der Waals surface area contributed by atoms with Crippen molar-refractivity contribution in [1.82, 2.24) is 0 Å². The van der Waals surface area contributed by atoms with Crippen molar-refractivity contribution >= 4 is 27.6 Å². The van der Waals surface area contributed by atoms with Crippen LogP contribution in [-0.4, -0.2) is 38.9 Å². The van der Waals surface area contributed by atoms with Crippen LogP contribution in [0, 0.1) is 11.3 Å². The molecule has 0 bridgehead atoms. The van der Waals surface area contributed by atoms with Gasteiger partial charge in [-0.15, -0.1) is 0 Å². The number of esters is 1. The molecule has 0 aliphatic carbocycles. The summed E-state index contributed by atoms with van der Waals surface area (Å²) in [6.45, 7) is 1.47. The van der Waals surface area contributed by atoms with E-state index in [1.807, 2.05) is 17.0 Å². The van der Waals surface area contributed by atoms with Crippen molar-refractivity contribution in [2.24, 2.45) is 0 Å². The molecule has 5 nitrogen and oxygen atoms in total. The van der Waals surface area contributed by atoms with Crippen LogP contribution in [0.3, 0.4) is 0 Å². The lowest BCUT2D eigenvalue weighted by Crippen LogP contribution is -2.46. The van der Waals surface area contributed by atoms with E-state index in [9.17, 15) is 10.1 Å². The third-order valence-electron chi connectivity index (χ3n) is 2.95. The molecule has 0 radical (unpaired) electrons. The Balaban J connectivity index is 2.22. The fraction of sp³-hybridized carbons (Fsp3) is 0.385. The lowest BCUT2D eigenvalue weighted by atomic mass is 10.1. The molecule has 1 atom stereocenters. The van der Waals surface area contributed by atoms with Crippen LogP contribution >= 0.6 is 15.9 Å². The molecule has 2 rings (SSSR count). The summed E-state index contributed by atoms with van der Waals surface area (Å²) in [6, 6.07) is 7.66. The van der Waals surface area contributed by atoms with Crippen LogP contribution in [0.4, 0.5) is 5.69 Å². The first-order valence-corrected chi connectivity index (χ1v) is 6.59. The van der Waals surface area contributed by atoms with Crippen molar-refractivity contribution in [2.75, 3.05) is 31.7 Å². The van der Waals surface area contributed by atoms with E-state index in [1.165, 1.54) is 7.11 Å². The maximum atomic E-state index is 11.5. The van der Waals surface area contributed by atoms with Gasteiger partial charge in [0, 0.05) is 11.0 Å². The molecule has 1 fully saturated rings. The Kier molecular flexibility index (Phi) is 4.40. The first-order chi connectivity index (χ1) is 9.15. The molecule has 0 aromatic heterocycles. The van der Waals surface area contributed by atoms with Gasteiger partial charge >= 0.3 is 5.97 Å². The van der Waals surface area contributed by atoms with Crippen molar-refractivity contribution in [3.8, 4) is 6.07 Å². The third-order valence-corrected chi connectivity index (χ3v) is 3.44.